The van der Waals surface area contributed by atoms with E-state index in [9.17, 15) is 14.0 Å². The number of benzene rings is 1. The Bertz CT molecular complexity index is 889. The van der Waals surface area contributed by atoms with Crippen LogP contribution in [-0.2, 0) is 17.9 Å². The number of thiophene rings is 1. The molecule has 1 N–H and O–H groups in total. The molecule has 0 spiro atoms. The van der Waals surface area contributed by atoms with Gasteiger partial charge in [-0.05, 0) is 63.4 Å². The summed E-state index contributed by atoms with van der Waals surface area (Å²) in [6, 6.07) is 10.0. The number of urea groups is 1. The summed E-state index contributed by atoms with van der Waals surface area (Å²) in [5.41, 5.74) is 0.455. The number of carbonyl (C=O) groups excluding carboxylic acids is 2. The van der Waals surface area contributed by atoms with Crippen molar-refractivity contribution in [2.75, 3.05) is 13.1 Å². The molecule has 0 unspecified atom stereocenters. The van der Waals surface area contributed by atoms with Gasteiger partial charge in [0.1, 0.15) is 12.4 Å². The number of halogens is 1. The fraction of sp³-hybridized carbons (Fsp3) is 0.520. The lowest BCUT2D eigenvalue weighted by molar-refractivity contribution is -0.133. The van der Waals surface area contributed by atoms with Crippen LogP contribution >= 0.6 is 11.3 Å². The highest BCUT2D eigenvalue weighted by atomic mass is 32.1. The number of carbonyl (C=O) groups is 2. The summed E-state index contributed by atoms with van der Waals surface area (Å²) < 4.78 is 13.4. The summed E-state index contributed by atoms with van der Waals surface area (Å²) in [7, 11) is 0. The average Bonchev–Trinajstić information content (AvgIpc) is 3.11. The first kappa shape index (κ1) is 25.8. The quantitative estimate of drug-likeness (QED) is 0.530. The normalized spacial score (nSPS) is 12.3. The van der Waals surface area contributed by atoms with Gasteiger partial charge in [0.15, 0.2) is 0 Å². The van der Waals surface area contributed by atoms with Crippen LogP contribution in [0.4, 0.5) is 9.18 Å². The zero-order valence-electron chi connectivity index (χ0n) is 20.1. The Morgan fingerprint density at radius 2 is 1.72 bits per heavy atom. The molecule has 0 aliphatic carbocycles. The highest BCUT2D eigenvalue weighted by molar-refractivity contribution is 7.11. The molecule has 176 valence electrons. The van der Waals surface area contributed by atoms with Crippen molar-refractivity contribution in [1.82, 2.24) is 15.1 Å². The predicted molar refractivity (Wildman–Crippen MR) is 129 cm³/mol. The number of amides is 3. The van der Waals surface area contributed by atoms with Gasteiger partial charge in [0, 0.05) is 28.4 Å². The molecule has 2 rings (SSSR count). The second kappa shape index (κ2) is 11.5. The van der Waals surface area contributed by atoms with E-state index in [0.717, 1.165) is 16.9 Å². The number of rotatable bonds is 9. The largest absolute Gasteiger partial charge is 0.333 e. The fourth-order valence-electron chi connectivity index (χ4n) is 3.19. The molecule has 0 aliphatic rings. The maximum atomic E-state index is 13.4. The molecule has 0 fully saturated rings. The van der Waals surface area contributed by atoms with Crippen LogP contribution in [0.1, 0.15) is 56.4 Å². The third kappa shape index (κ3) is 8.61. The van der Waals surface area contributed by atoms with E-state index in [1.54, 1.807) is 33.3 Å². The molecule has 0 saturated heterocycles. The lowest BCUT2D eigenvalue weighted by Crippen LogP contribution is -2.52. The van der Waals surface area contributed by atoms with Crippen molar-refractivity contribution in [1.29, 1.82) is 0 Å². The SMILES string of the molecule is CC[C@H](C)CN(CC(=O)N(Cc1ccc(F)cc1)Cc1ccc(C)s1)C(=O)NC(C)(C)C. The Balaban J connectivity index is 2.22. The first-order chi connectivity index (χ1) is 15.0. The van der Waals surface area contributed by atoms with E-state index in [0.29, 0.717) is 19.6 Å². The van der Waals surface area contributed by atoms with Gasteiger partial charge in [0.2, 0.25) is 5.91 Å². The van der Waals surface area contributed by atoms with Gasteiger partial charge < -0.3 is 15.1 Å². The number of aryl methyl sites for hydroxylation is 1. The van der Waals surface area contributed by atoms with Crippen molar-refractivity contribution in [2.24, 2.45) is 5.92 Å². The maximum Gasteiger partial charge on any atom is 0.318 e. The van der Waals surface area contributed by atoms with Crippen molar-refractivity contribution in [3.8, 4) is 0 Å². The molecule has 0 saturated carbocycles. The molecule has 1 aromatic heterocycles. The molecular formula is C25H36FN3O2S. The zero-order chi connectivity index (χ0) is 23.9. The van der Waals surface area contributed by atoms with Gasteiger partial charge in [0.25, 0.3) is 0 Å². The number of hydrogen-bond acceptors (Lipinski definition) is 3. The molecule has 0 aliphatic heterocycles. The van der Waals surface area contributed by atoms with Crippen molar-refractivity contribution in [2.45, 2.75) is 66.6 Å². The van der Waals surface area contributed by atoms with Crippen molar-refractivity contribution in [3.05, 3.63) is 57.5 Å². The van der Waals surface area contributed by atoms with Crippen LogP contribution in [0.15, 0.2) is 36.4 Å². The molecule has 2 aromatic rings. The monoisotopic (exact) mass is 461 g/mol. The standard InChI is InChI=1S/C25H36FN3O2S/c1-7-18(2)14-29(24(31)27-25(4,5)6)17-23(30)28(16-22-13-8-19(3)32-22)15-20-9-11-21(26)12-10-20/h8-13,18H,7,14-17H2,1-6H3,(H,27,31)/t18-/m0/s1. The fourth-order valence-corrected chi connectivity index (χ4v) is 4.09. The molecule has 5 nitrogen and oxygen atoms in total. The molecule has 3 amide bonds. The van der Waals surface area contributed by atoms with Gasteiger partial charge in [-0.25, -0.2) is 9.18 Å². The third-order valence-corrected chi connectivity index (χ3v) is 6.09. The van der Waals surface area contributed by atoms with Gasteiger partial charge in [0.05, 0.1) is 6.54 Å². The van der Waals surface area contributed by atoms with E-state index in [-0.39, 0.29) is 30.2 Å². The third-order valence-electron chi connectivity index (χ3n) is 5.11. The number of nitrogens with zero attached hydrogens (tertiary/aromatic N) is 2. The van der Waals surface area contributed by atoms with Crippen LogP contribution in [0.5, 0.6) is 0 Å². The number of hydrogen-bond donors (Lipinski definition) is 1. The average molecular weight is 462 g/mol. The van der Waals surface area contributed by atoms with E-state index >= 15 is 0 Å². The molecule has 1 aromatic carbocycles. The Morgan fingerprint density at radius 3 is 2.25 bits per heavy atom. The highest BCUT2D eigenvalue weighted by Crippen LogP contribution is 2.19. The predicted octanol–water partition coefficient (Wildman–Crippen LogP) is 5.58. The lowest BCUT2D eigenvalue weighted by atomic mass is 10.1. The Hall–Kier alpha value is -2.41. The maximum absolute atomic E-state index is 13.4. The van der Waals surface area contributed by atoms with Crippen molar-refractivity contribution < 1.29 is 14.0 Å². The molecule has 1 heterocycles. The van der Waals surface area contributed by atoms with Crippen LogP contribution in [0, 0.1) is 18.7 Å². The molecule has 1 atom stereocenters. The second-order valence-corrected chi connectivity index (χ2v) is 10.8. The minimum absolute atomic E-state index is 0.00218. The Morgan fingerprint density at radius 1 is 1.06 bits per heavy atom. The highest BCUT2D eigenvalue weighted by Gasteiger charge is 2.25. The summed E-state index contributed by atoms with van der Waals surface area (Å²) in [4.78, 5) is 31.9. The smallest absolute Gasteiger partial charge is 0.318 e. The van der Waals surface area contributed by atoms with E-state index in [1.807, 2.05) is 39.8 Å². The first-order valence-electron chi connectivity index (χ1n) is 11.1. The van der Waals surface area contributed by atoms with Crippen molar-refractivity contribution >= 4 is 23.3 Å². The number of nitrogens with one attached hydrogen (secondary N) is 1. The molecule has 0 bridgehead atoms. The van der Waals surface area contributed by atoms with E-state index in [2.05, 4.69) is 19.2 Å². The summed E-state index contributed by atoms with van der Waals surface area (Å²) >= 11 is 1.65. The van der Waals surface area contributed by atoms with Crippen LogP contribution in [0.3, 0.4) is 0 Å². The topological polar surface area (TPSA) is 52.7 Å². The van der Waals surface area contributed by atoms with Gasteiger partial charge in [-0.3, -0.25) is 4.79 Å². The molecular weight excluding hydrogens is 425 g/mol. The van der Waals surface area contributed by atoms with Gasteiger partial charge >= 0.3 is 6.03 Å². The molecule has 0 radical (unpaired) electrons. The van der Waals surface area contributed by atoms with Gasteiger partial charge in [-0.15, -0.1) is 11.3 Å². The summed E-state index contributed by atoms with van der Waals surface area (Å²) in [5.74, 6) is -0.161. The van der Waals surface area contributed by atoms with Crippen LogP contribution < -0.4 is 5.32 Å². The van der Waals surface area contributed by atoms with Crippen molar-refractivity contribution in [3.63, 3.8) is 0 Å². The molecule has 32 heavy (non-hydrogen) atoms. The first-order valence-corrected chi connectivity index (χ1v) is 11.9. The van der Waals surface area contributed by atoms with E-state index in [1.165, 1.54) is 17.0 Å². The summed E-state index contributed by atoms with van der Waals surface area (Å²) in [6.45, 7) is 13.3. The second-order valence-electron chi connectivity index (χ2n) is 9.46. The Kier molecular flexibility index (Phi) is 9.25. The summed E-state index contributed by atoms with van der Waals surface area (Å²) in [6.07, 6.45) is 0.918. The van der Waals surface area contributed by atoms with E-state index < -0.39 is 5.54 Å². The summed E-state index contributed by atoms with van der Waals surface area (Å²) in [5, 5.41) is 2.98. The van der Waals surface area contributed by atoms with Crippen LogP contribution in [0.2, 0.25) is 0 Å². The Labute approximate surface area is 195 Å². The lowest BCUT2D eigenvalue weighted by Gasteiger charge is -2.32. The van der Waals surface area contributed by atoms with Gasteiger partial charge in [-0.2, -0.15) is 0 Å². The molecule has 7 heteroatoms. The van der Waals surface area contributed by atoms with Gasteiger partial charge in [-0.1, -0.05) is 32.4 Å². The minimum atomic E-state index is -0.393. The van der Waals surface area contributed by atoms with E-state index in [4.69, 9.17) is 0 Å². The minimum Gasteiger partial charge on any atom is -0.333 e. The van der Waals surface area contributed by atoms with Crippen LogP contribution in [-0.4, -0.2) is 40.4 Å². The van der Waals surface area contributed by atoms with Crippen LogP contribution in [0.25, 0.3) is 0 Å². The zero-order valence-corrected chi connectivity index (χ0v) is 20.9.